The van der Waals surface area contributed by atoms with Crippen LogP contribution in [-0.4, -0.2) is 35.9 Å². The molecule has 170 valence electrons. The van der Waals surface area contributed by atoms with Crippen LogP contribution in [0.5, 0.6) is 11.5 Å². The molecule has 3 aromatic carbocycles. The molecule has 0 fully saturated rings. The minimum Gasteiger partial charge on any atom is -0.457 e. The van der Waals surface area contributed by atoms with E-state index in [9.17, 15) is 8.42 Å². The number of sulfone groups is 1. The lowest BCUT2D eigenvalue weighted by Crippen LogP contribution is -2.07. The van der Waals surface area contributed by atoms with Crippen LogP contribution in [0.2, 0.25) is 10.0 Å². The Labute approximate surface area is 201 Å². The van der Waals surface area contributed by atoms with Gasteiger partial charge in [-0.2, -0.15) is 0 Å². The minimum absolute atomic E-state index is 0.0363. The maximum absolute atomic E-state index is 12.6. The Bertz CT molecular complexity index is 1410. The lowest BCUT2D eigenvalue weighted by Gasteiger charge is -2.12. The van der Waals surface area contributed by atoms with Gasteiger partial charge in [-0.15, -0.1) is 0 Å². The van der Waals surface area contributed by atoms with Crippen LogP contribution in [0.25, 0.3) is 22.2 Å². The Morgan fingerprint density at radius 1 is 0.879 bits per heavy atom. The van der Waals surface area contributed by atoms with E-state index in [0.717, 1.165) is 5.39 Å². The van der Waals surface area contributed by atoms with Crippen molar-refractivity contribution in [2.45, 2.75) is 17.7 Å². The maximum atomic E-state index is 12.6. The molecule has 1 N–H and O–H groups in total. The van der Waals surface area contributed by atoms with Crippen molar-refractivity contribution < 1.29 is 18.3 Å². The third kappa shape index (κ3) is 5.28. The number of hydrogen-bond donors (Lipinski definition) is 1. The summed E-state index contributed by atoms with van der Waals surface area (Å²) >= 11 is 12.8. The highest BCUT2D eigenvalue weighted by Gasteiger charge is 2.16. The number of aromatic nitrogens is 2. The molecule has 6 nitrogen and oxygen atoms in total. The van der Waals surface area contributed by atoms with Gasteiger partial charge in [-0.25, -0.2) is 18.4 Å². The van der Waals surface area contributed by atoms with E-state index in [1.807, 2.05) is 12.1 Å². The van der Waals surface area contributed by atoms with Crippen LogP contribution >= 0.6 is 23.2 Å². The molecule has 0 aliphatic rings. The SMILES string of the molecule is O=S(=O)(CCCCO)c1cccc(Oc2ccc(Cl)c(-c3ncnc4c(Cl)cccc34)c2)c1. The van der Waals surface area contributed by atoms with Crippen LogP contribution in [-0.2, 0) is 9.84 Å². The highest BCUT2D eigenvalue weighted by Crippen LogP contribution is 2.36. The minimum atomic E-state index is -3.48. The zero-order valence-electron chi connectivity index (χ0n) is 17.4. The topological polar surface area (TPSA) is 89.4 Å². The van der Waals surface area contributed by atoms with Gasteiger partial charge in [0.2, 0.25) is 0 Å². The van der Waals surface area contributed by atoms with Crippen LogP contribution in [0, 0.1) is 0 Å². The van der Waals surface area contributed by atoms with E-state index in [1.54, 1.807) is 36.4 Å². The van der Waals surface area contributed by atoms with Gasteiger partial charge in [0.05, 0.1) is 31.9 Å². The monoisotopic (exact) mass is 502 g/mol. The molecule has 4 aromatic rings. The molecule has 0 spiro atoms. The molecular weight excluding hydrogens is 483 g/mol. The van der Waals surface area contributed by atoms with Crippen LogP contribution in [0.3, 0.4) is 0 Å². The first-order valence-electron chi connectivity index (χ1n) is 10.2. The summed E-state index contributed by atoms with van der Waals surface area (Å²) in [6.07, 6.45) is 2.26. The molecule has 1 aromatic heterocycles. The highest BCUT2D eigenvalue weighted by atomic mass is 35.5. The lowest BCUT2D eigenvalue weighted by atomic mass is 10.1. The number of fused-ring (bicyclic) bond motifs is 1. The Morgan fingerprint density at radius 3 is 2.48 bits per heavy atom. The summed E-state index contributed by atoms with van der Waals surface area (Å²) in [5.74, 6) is 0.811. The number of para-hydroxylation sites is 1. The molecule has 0 saturated heterocycles. The van der Waals surface area contributed by atoms with Gasteiger partial charge in [-0.3, -0.25) is 0 Å². The fourth-order valence-corrected chi connectivity index (χ4v) is 5.24. The van der Waals surface area contributed by atoms with E-state index in [4.69, 9.17) is 33.0 Å². The third-order valence-electron chi connectivity index (χ3n) is 5.03. The van der Waals surface area contributed by atoms with Crippen LogP contribution < -0.4 is 4.74 Å². The fourth-order valence-electron chi connectivity index (χ4n) is 3.40. The number of nitrogens with zero attached hydrogens (tertiary/aromatic N) is 2. The van der Waals surface area contributed by atoms with Crippen molar-refractivity contribution in [3.05, 3.63) is 77.0 Å². The van der Waals surface area contributed by atoms with Gasteiger partial charge in [0.15, 0.2) is 9.84 Å². The first-order valence-corrected chi connectivity index (χ1v) is 12.6. The summed E-state index contributed by atoms with van der Waals surface area (Å²) < 4.78 is 31.1. The third-order valence-corrected chi connectivity index (χ3v) is 7.46. The molecule has 9 heteroatoms. The standard InChI is InChI=1S/C24H20Cl2N2O4S/c25-21-10-9-17(14-20(21)23-19-7-4-8-22(26)24(19)28-15-27-23)32-16-5-3-6-18(13-16)33(30,31)12-2-1-11-29/h3-10,13-15,29H,1-2,11-12H2. The van der Waals surface area contributed by atoms with Gasteiger partial charge in [0.1, 0.15) is 17.8 Å². The van der Waals surface area contributed by atoms with Gasteiger partial charge in [0, 0.05) is 17.6 Å². The molecule has 33 heavy (non-hydrogen) atoms. The van der Waals surface area contributed by atoms with Crippen molar-refractivity contribution in [3.63, 3.8) is 0 Å². The molecule has 0 unspecified atom stereocenters. The molecule has 0 radical (unpaired) electrons. The number of hydrogen-bond acceptors (Lipinski definition) is 6. The number of aliphatic hydroxyl groups is 1. The van der Waals surface area contributed by atoms with E-state index < -0.39 is 9.84 Å². The normalized spacial score (nSPS) is 11.6. The molecule has 1 heterocycles. The van der Waals surface area contributed by atoms with Crippen LogP contribution in [0.1, 0.15) is 12.8 Å². The predicted octanol–water partition coefficient (Wildman–Crippen LogP) is 5.94. The fraction of sp³-hybridized carbons (Fsp3) is 0.167. The highest BCUT2D eigenvalue weighted by molar-refractivity contribution is 7.91. The van der Waals surface area contributed by atoms with E-state index >= 15 is 0 Å². The number of unbranched alkanes of at least 4 members (excludes halogenated alkanes) is 1. The summed E-state index contributed by atoms with van der Waals surface area (Å²) in [6, 6.07) is 16.9. The number of halogens is 2. The van der Waals surface area contributed by atoms with E-state index in [2.05, 4.69) is 9.97 Å². The van der Waals surface area contributed by atoms with Crippen molar-refractivity contribution in [1.29, 1.82) is 0 Å². The maximum Gasteiger partial charge on any atom is 0.178 e. The van der Waals surface area contributed by atoms with Gasteiger partial charge >= 0.3 is 0 Å². The average Bonchev–Trinajstić information content (AvgIpc) is 2.81. The predicted molar refractivity (Wildman–Crippen MR) is 130 cm³/mol. The second-order valence-electron chi connectivity index (χ2n) is 7.33. The molecule has 4 rings (SSSR count). The van der Waals surface area contributed by atoms with Crippen molar-refractivity contribution in [2.75, 3.05) is 12.4 Å². The quantitative estimate of drug-likeness (QED) is 0.299. The van der Waals surface area contributed by atoms with E-state index in [1.165, 1.54) is 18.5 Å². The largest absolute Gasteiger partial charge is 0.457 e. The second-order valence-corrected chi connectivity index (χ2v) is 10.2. The van der Waals surface area contributed by atoms with Crippen molar-refractivity contribution in [2.24, 2.45) is 0 Å². The molecule has 0 aliphatic heterocycles. The smallest absolute Gasteiger partial charge is 0.178 e. The molecule has 0 atom stereocenters. The molecular formula is C24H20Cl2N2O4S. The summed E-state index contributed by atoms with van der Waals surface area (Å²) in [5.41, 5.74) is 1.86. The summed E-state index contributed by atoms with van der Waals surface area (Å²) in [5, 5.41) is 10.6. The zero-order valence-corrected chi connectivity index (χ0v) is 19.7. The summed E-state index contributed by atoms with van der Waals surface area (Å²) in [4.78, 5) is 8.83. The molecule has 0 aliphatic carbocycles. The summed E-state index contributed by atoms with van der Waals surface area (Å²) in [7, 11) is -3.48. The van der Waals surface area contributed by atoms with Crippen molar-refractivity contribution >= 4 is 43.9 Å². The number of ether oxygens (including phenoxy) is 1. The molecule has 0 bridgehead atoms. The number of aliphatic hydroxyl groups excluding tert-OH is 1. The van der Waals surface area contributed by atoms with Gasteiger partial charge in [0.25, 0.3) is 0 Å². The van der Waals surface area contributed by atoms with Gasteiger partial charge < -0.3 is 9.84 Å². The van der Waals surface area contributed by atoms with Crippen molar-refractivity contribution in [3.8, 4) is 22.8 Å². The van der Waals surface area contributed by atoms with Crippen LogP contribution in [0.15, 0.2) is 71.9 Å². The van der Waals surface area contributed by atoms with Gasteiger partial charge in [-0.05, 0) is 55.3 Å². The lowest BCUT2D eigenvalue weighted by molar-refractivity contribution is 0.287. The second kappa shape index (κ2) is 10.1. The van der Waals surface area contributed by atoms with Gasteiger partial charge in [-0.1, -0.05) is 41.4 Å². The van der Waals surface area contributed by atoms with Crippen LogP contribution in [0.4, 0.5) is 0 Å². The van der Waals surface area contributed by atoms with E-state index in [-0.39, 0.29) is 17.3 Å². The Morgan fingerprint density at radius 2 is 1.67 bits per heavy atom. The number of rotatable bonds is 8. The average molecular weight is 503 g/mol. The molecule has 0 saturated carbocycles. The Hall–Kier alpha value is -2.71. The first-order chi connectivity index (χ1) is 15.9. The first kappa shape index (κ1) is 23.4. The summed E-state index contributed by atoms with van der Waals surface area (Å²) in [6.45, 7) is -0.0363. The van der Waals surface area contributed by atoms with Crippen molar-refractivity contribution in [1.82, 2.24) is 9.97 Å². The molecule has 0 amide bonds. The van der Waals surface area contributed by atoms with E-state index in [0.29, 0.717) is 51.2 Å². The number of benzene rings is 3. The Balaban J connectivity index is 1.66. The Kier molecular flexibility index (Phi) is 7.14. The zero-order chi connectivity index (χ0) is 23.4.